The summed E-state index contributed by atoms with van der Waals surface area (Å²) in [5.41, 5.74) is 1.74. The van der Waals surface area contributed by atoms with E-state index in [9.17, 15) is 10.1 Å². The minimum absolute atomic E-state index is 0.0258. The van der Waals surface area contributed by atoms with Crippen molar-refractivity contribution in [1.29, 1.82) is 5.26 Å². The van der Waals surface area contributed by atoms with Crippen molar-refractivity contribution in [1.82, 2.24) is 5.32 Å². The number of methoxy groups -OCH3 is 1. The minimum Gasteiger partial charge on any atom is -0.493 e. The molecule has 6 heteroatoms. The highest BCUT2D eigenvalue weighted by Crippen LogP contribution is 2.29. The number of nitrogens with zero attached hydrogens (tertiary/aromatic N) is 1. The molecule has 2 aromatic carbocycles. The van der Waals surface area contributed by atoms with Crippen LogP contribution in [-0.2, 0) is 16.1 Å². The highest BCUT2D eigenvalue weighted by molar-refractivity contribution is 6.01. The highest BCUT2D eigenvalue weighted by atomic mass is 16.5. The maximum atomic E-state index is 12.3. The third-order valence-electron chi connectivity index (χ3n) is 4.62. The molecule has 1 heterocycles. The lowest BCUT2D eigenvalue weighted by Gasteiger charge is -2.12. The van der Waals surface area contributed by atoms with E-state index in [4.69, 9.17) is 14.2 Å². The molecule has 0 saturated carbocycles. The molecule has 1 N–H and O–H groups in total. The summed E-state index contributed by atoms with van der Waals surface area (Å²) in [5, 5.41) is 12.2. The average molecular weight is 392 g/mol. The summed E-state index contributed by atoms with van der Waals surface area (Å²) in [5.74, 6) is 0.715. The number of hydrogen-bond acceptors (Lipinski definition) is 5. The van der Waals surface area contributed by atoms with Crippen molar-refractivity contribution < 1.29 is 19.0 Å². The number of hydrogen-bond donors (Lipinski definition) is 1. The van der Waals surface area contributed by atoms with Gasteiger partial charge in [0.05, 0.1) is 13.2 Å². The third kappa shape index (κ3) is 5.84. The van der Waals surface area contributed by atoms with Crippen molar-refractivity contribution in [2.75, 3.05) is 20.3 Å². The Hall–Kier alpha value is -3.30. The Balaban J connectivity index is 1.70. The van der Waals surface area contributed by atoms with Crippen molar-refractivity contribution >= 4 is 12.0 Å². The summed E-state index contributed by atoms with van der Waals surface area (Å²) in [7, 11) is 1.57. The Morgan fingerprint density at radius 3 is 2.79 bits per heavy atom. The monoisotopic (exact) mass is 392 g/mol. The van der Waals surface area contributed by atoms with E-state index in [1.165, 1.54) is 0 Å². The lowest BCUT2D eigenvalue weighted by atomic mass is 10.1. The van der Waals surface area contributed by atoms with Crippen molar-refractivity contribution in [3.05, 3.63) is 65.2 Å². The van der Waals surface area contributed by atoms with Crippen LogP contribution >= 0.6 is 0 Å². The van der Waals surface area contributed by atoms with Crippen molar-refractivity contribution in [2.24, 2.45) is 0 Å². The van der Waals surface area contributed by atoms with Crippen LogP contribution in [0.4, 0.5) is 0 Å². The molecule has 0 aromatic heterocycles. The number of carbonyl (C=O) groups is 1. The molecular formula is C23H24N2O4. The van der Waals surface area contributed by atoms with E-state index in [2.05, 4.69) is 5.32 Å². The second-order valence-electron chi connectivity index (χ2n) is 6.70. The fourth-order valence-corrected chi connectivity index (χ4v) is 3.05. The number of nitriles is 1. The van der Waals surface area contributed by atoms with Gasteiger partial charge in [0.15, 0.2) is 11.5 Å². The van der Waals surface area contributed by atoms with Crippen LogP contribution in [0.1, 0.15) is 24.0 Å². The van der Waals surface area contributed by atoms with Crippen molar-refractivity contribution in [2.45, 2.75) is 25.6 Å². The molecule has 0 bridgehead atoms. The van der Waals surface area contributed by atoms with Gasteiger partial charge in [-0.1, -0.05) is 36.4 Å². The van der Waals surface area contributed by atoms with Gasteiger partial charge in [-0.25, -0.2) is 0 Å². The number of carbonyl (C=O) groups excluding carboxylic acids is 1. The second kappa shape index (κ2) is 10.3. The van der Waals surface area contributed by atoms with Crippen LogP contribution in [-0.4, -0.2) is 32.3 Å². The molecular weight excluding hydrogens is 368 g/mol. The first kappa shape index (κ1) is 20.4. The standard InChI is InChI=1S/C23H24N2O4/c1-27-21-10-9-18(13-22(21)29-16-17-6-3-2-4-7-17)12-19(14-24)23(26)25-15-20-8-5-11-28-20/h2-4,6-7,9-10,12-13,20H,5,8,11,15-16H2,1H3,(H,25,26)/b19-12+. The van der Waals surface area contributed by atoms with E-state index >= 15 is 0 Å². The first-order chi connectivity index (χ1) is 14.2. The van der Waals surface area contributed by atoms with E-state index in [-0.39, 0.29) is 11.7 Å². The fourth-order valence-electron chi connectivity index (χ4n) is 3.05. The molecule has 1 unspecified atom stereocenters. The van der Waals surface area contributed by atoms with E-state index < -0.39 is 5.91 Å². The molecule has 1 aliphatic heterocycles. The van der Waals surface area contributed by atoms with Crippen LogP contribution in [0.3, 0.4) is 0 Å². The third-order valence-corrected chi connectivity index (χ3v) is 4.62. The van der Waals surface area contributed by atoms with Gasteiger partial charge in [0.2, 0.25) is 0 Å². The van der Waals surface area contributed by atoms with Gasteiger partial charge >= 0.3 is 0 Å². The summed E-state index contributed by atoms with van der Waals surface area (Å²) in [4.78, 5) is 12.3. The lowest BCUT2D eigenvalue weighted by Crippen LogP contribution is -2.32. The van der Waals surface area contributed by atoms with Gasteiger partial charge in [0.1, 0.15) is 18.2 Å². The summed E-state index contributed by atoms with van der Waals surface area (Å²) in [6.07, 6.45) is 3.49. The molecule has 0 aliphatic carbocycles. The fraction of sp³-hybridized carbons (Fsp3) is 0.304. The largest absolute Gasteiger partial charge is 0.493 e. The summed E-state index contributed by atoms with van der Waals surface area (Å²) in [6.45, 7) is 1.52. The molecule has 1 aliphatic rings. The molecule has 1 saturated heterocycles. The van der Waals surface area contributed by atoms with E-state index in [1.54, 1.807) is 31.4 Å². The Labute approximate surface area is 170 Å². The quantitative estimate of drug-likeness (QED) is 0.550. The zero-order valence-corrected chi connectivity index (χ0v) is 16.4. The minimum atomic E-state index is -0.412. The SMILES string of the molecule is COc1ccc(/C=C(\C#N)C(=O)NCC2CCCO2)cc1OCc1ccccc1. The smallest absolute Gasteiger partial charge is 0.262 e. The zero-order chi connectivity index (χ0) is 20.5. The molecule has 0 radical (unpaired) electrons. The zero-order valence-electron chi connectivity index (χ0n) is 16.4. The Bertz CT molecular complexity index is 897. The summed E-state index contributed by atoms with van der Waals surface area (Å²) < 4.78 is 16.7. The first-order valence-electron chi connectivity index (χ1n) is 9.56. The van der Waals surface area contributed by atoms with Crippen molar-refractivity contribution in [3.63, 3.8) is 0 Å². The summed E-state index contributed by atoms with van der Waals surface area (Å²) >= 11 is 0. The maximum Gasteiger partial charge on any atom is 0.262 e. The van der Waals surface area contributed by atoms with Gasteiger partial charge in [-0.05, 0) is 42.2 Å². The van der Waals surface area contributed by atoms with Gasteiger partial charge in [-0.3, -0.25) is 4.79 Å². The molecule has 6 nitrogen and oxygen atoms in total. The molecule has 2 aromatic rings. The number of nitrogens with one attached hydrogen (secondary N) is 1. The number of ether oxygens (including phenoxy) is 3. The van der Waals surface area contributed by atoms with Crippen molar-refractivity contribution in [3.8, 4) is 17.6 Å². The van der Waals surface area contributed by atoms with Crippen LogP contribution in [0, 0.1) is 11.3 Å². The highest BCUT2D eigenvalue weighted by Gasteiger charge is 2.17. The molecule has 0 spiro atoms. The van der Waals surface area contributed by atoms with E-state index in [1.807, 2.05) is 36.4 Å². The Kier molecular flexibility index (Phi) is 7.26. The molecule has 29 heavy (non-hydrogen) atoms. The lowest BCUT2D eigenvalue weighted by molar-refractivity contribution is -0.117. The van der Waals surface area contributed by atoms with Gasteiger partial charge in [-0.2, -0.15) is 5.26 Å². The predicted octanol–water partition coefficient (Wildman–Crippen LogP) is 3.48. The van der Waals surface area contributed by atoms with Crippen LogP contribution in [0.25, 0.3) is 6.08 Å². The normalized spacial score (nSPS) is 16.1. The van der Waals surface area contributed by atoms with Crippen LogP contribution < -0.4 is 14.8 Å². The van der Waals surface area contributed by atoms with Gasteiger partial charge < -0.3 is 19.5 Å². The van der Waals surface area contributed by atoms with E-state index in [0.29, 0.717) is 30.2 Å². The second-order valence-corrected chi connectivity index (χ2v) is 6.70. The van der Waals surface area contributed by atoms with Crippen LogP contribution in [0.5, 0.6) is 11.5 Å². The number of amides is 1. The van der Waals surface area contributed by atoms with Crippen LogP contribution in [0.2, 0.25) is 0 Å². The average Bonchev–Trinajstić information content (AvgIpc) is 3.29. The van der Waals surface area contributed by atoms with Gasteiger partial charge in [0.25, 0.3) is 5.91 Å². The topological polar surface area (TPSA) is 80.6 Å². The number of rotatable bonds is 8. The molecule has 1 amide bonds. The first-order valence-corrected chi connectivity index (χ1v) is 9.56. The number of benzene rings is 2. The van der Waals surface area contributed by atoms with Gasteiger partial charge in [-0.15, -0.1) is 0 Å². The summed E-state index contributed by atoms with van der Waals surface area (Å²) in [6, 6.07) is 17.0. The predicted molar refractivity (Wildman–Crippen MR) is 109 cm³/mol. The van der Waals surface area contributed by atoms with E-state index in [0.717, 1.165) is 25.0 Å². The Morgan fingerprint density at radius 2 is 2.10 bits per heavy atom. The van der Waals surface area contributed by atoms with Crippen LogP contribution in [0.15, 0.2) is 54.1 Å². The molecule has 3 rings (SSSR count). The van der Waals surface area contributed by atoms with Gasteiger partial charge in [0, 0.05) is 13.2 Å². The molecule has 1 atom stereocenters. The maximum absolute atomic E-state index is 12.3. The molecule has 1 fully saturated rings. The Morgan fingerprint density at radius 1 is 1.28 bits per heavy atom. The molecule has 150 valence electrons.